The molecule has 2 heterocycles. The van der Waals surface area contributed by atoms with E-state index in [1.807, 2.05) is 42.6 Å². The Morgan fingerprint density at radius 3 is 2.57 bits per heavy atom. The zero-order chi connectivity index (χ0) is 14.8. The number of anilines is 1. The molecule has 21 heavy (non-hydrogen) atoms. The smallest absolute Gasteiger partial charge is 0.142 e. The van der Waals surface area contributed by atoms with Crippen LogP contribution in [-0.2, 0) is 6.42 Å². The van der Waals surface area contributed by atoms with E-state index in [9.17, 15) is 0 Å². The molecule has 3 aromatic rings. The molecule has 0 saturated heterocycles. The fourth-order valence-corrected chi connectivity index (χ4v) is 3.05. The van der Waals surface area contributed by atoms with E-state index >= 15 is 0 Å². The standard InChI is InChI=1S/C15H13BrN4S/c1-9-18-11(8-21-9)7-12-19-14(13(16)15(17)20-12)10-5-3-2-4-6-10/h2-6,8H,7H2,1H3,(H2,17,19,20). The molecular weight excluding hydrogens is 348 g/mol. The number of thiazole rings is 1. The Morgan fingerprint density at radius 1 is 1.14 bits per heavy atom. The van der Waals surface area contributed by atoms with Crippen LogP contribution in [0.2, 0.25) is 0 Å². The molecule has 0 aliphatic rings. The van der Waals surface area contributed by atoms with Gasteiger partial charge in [-0.05, 0) is 22.9 Å². The lowest BCUT2D eigenvalue weighted by Crippen LogP contribution is -2.04. The monoisotopic (exact) mass is 360 g/mol. The number of nitrogens with two attached hydrogens (primary N) is 1. The van der Waals surface area contributed by atoms with Gasteiger partial charge in [0.2, 0.25) is 0 Å². The van der Waals surface area contributed by atoms with Gasteiger partial charge in [-0.2, -0.15) is 0 Å². The highest BCUT2D eigenvalue weighted by atomic mass is 79.9. The number of aryl methyl sites for hydroxylation is 1. The molecule has 106 valence electrons. The molecule has 2 N–H and O–H groups in total. The highest BCUT2D eigenvalue weighted by molar-refractivity contribution is 9.10. The average molecular weight is 361 g/mol. The van der Waals surface area contributed by atoms with Crippen LogP contribution in [-0.4, -0.2) is 15.0 Å². The van der Waals surface area contributed by atoms with Crippen molar-refractivity contribution in [1.29, 1.82) is 0 Å². The Kier molecular flexibility index (Phi) is 3.98. The van der Waals surface area contributed by atoms with Crippen LogP contribution in [0.25, 0.3) is 11.3 Å². The van der Waals surface area contributed by atoms with Gasteiger partial charge >= 0.3 is 0 Å². The van der Waals surface area contributed by atoms with Crippen LogP contribution >= 0.6 is 27.3 Å². The number of nitrogens with zero attached hydrogens (tertiary/aromatic N) is 3. The molecule has 0 atom stereocenters. The molecule has 0 radical (unpaired) electrons. The highest BCUT2D eigenvalue weighted by Gasteiger charge is 2.13. The topological polar surface area (TPSA) is 64.7 Å². The number of benzene rings is 1. The normalized spacial score (nSPS) is 10.8. The molecular formula is C15H13BrN4S. The number of hydrogen-bond donors (Lipinski definition) is 1. The van der Waals surface area contributed by atoms with Crippen molar-refractivity contribution in [2.24, 2.45) is 0 Å². The third-order valence-electron chi connectivity index (χ3n) is 2.98. The first kappa shape index (κ1) is 14.2. The summed E-state index contributed by atoms with van der Waals surface area (Å²) in [6, 6.07) is 9.93. The van der Waals surface area contributed by atoms with E-state index in [2.05, 4.69) is 30.9 Å². The van der Waals surface area contributed by atoms with Crippen LogP contribution < -0.4 is 5.73 Å². The summed E-state index contributed by atoms with van der Waals surface area (Å²) in [7, 11) is 0. The molecule has 0 saturated carbocycles. The van der Waals surface area contributed by atoms with Crippen LogP contribution in [0.3, 0.4) is 0 Å². The quantitative estimate of drug-likeness (QED) is 0.770. The third kappa shape index (κ3) is 3.11. The number of rotatable bonds is 3. The van der Waals surface area contributed by atoms with Crippen molar-refractivity contribution in [3.63, 3.8) is 0 Å². The highest BCUT2D eigenvalue weighted by Crippen LogP contribution is 2.30. The second kappa shape index (κ2) is 5.91. The van der Waals surface area contributed by atoms with Gasteiger partial charge in [-0.25, -0.2) is 15.0 Å². The maximum Gasteiger partial charge on any atom is 0.142 e. The lowest BCUT2D eigenvalue weighted by atomic mass is 10.1. The molecule has 0 unspecified atom stereocenters. The third-order valence-corrected chi connectivity index (χ3v) is 4.58. The summed E-state index contributed by atoms with van der Waals surface area (Å²) in [5.41, 5.74) is 8.79. The molecule has 0 amide bonds. The van der Waals surface area contributed by atoms with Crippen molar-refractivity contribution in [1.82, 2.24) is 15.0 Å². The molecule has 3 rings (SSSR count). The maximum absolute atomic E-state index is 6.00. The Morgan fingerprint density at radius 2 is 1.90 bits per heavy atom. The number of hydrogen-bond acceptors (Lipinski definition) is 5. The maximum atomic E-state index is 6.00. The van der Waals surface area contributed by atoms with Crippen LogP contribution in [0, 0.1) is 6.92 Å². The summed E-state index contributed by atoms with van der Waals surface area (Å²) in [5, 5.41) is 3.07. The first-order chi connectivity index (χ1) is 10.1. The van der Waals surface area contributed by atoms with Gasteiger partial charge in [-0.1, -0.05) is 30.3 Å². The van der Waals surface area contributed by atoms with Crippen LogP contribution in [0.1, 0.15) is 16.5 Å². The predicted octanol–water partition coefficient (Wildman–Crippen LogP) is 3.84. The minimum Gasteiger partial charge on any atom is -0.383 e. The Hall–Kier alpha value is -1.79. The first-order valence-corrected chi connectivity index (χ1v) is 8.09. The Bertz CT molecular complexity index is 771. The summed E-state index contributed by atoms with van der Waals surface area (Å²) in [5.74, 6) is 1.13. The second-order valence-corrected chi connectivity index (χ2v) is 6.44. The van der Waals surface area contributed by atoms with Gasteiger partial charge in [0.05, 0.1) is 27.3 Å². The average Bonchev–Trinajstić information content (AvgIpc) is 2.89. The Balaban J connectivity index is 2.01. The van der Waals surface area contributed by atoms with Crippen molar-refractivity contribution in [3.05, 3.63) is 56.7 Å². The van der Waals surface area contributed by atoms with Crippen molar-refractivity contribution in [2.45, 2.75) is 13.3 Å². The van der Waals surface area contributed by atoms with Crippen molar-refractivity contribution in [3.8, 4) is 11.3 Å². The van der Waals surface area contributed by atoms with E-state index in [1.54, 1.807) is 11.3 Å². The summed E-state index contributed by atoms with van der Waals surface area (Å²) < 4.78 is 0.729. The summed E-state index contributed by atoms with van der Waals surface area (Å²) in [6.07, 6.45) is 0.585. The van der Waals surface area contributed by atoms with E-state index in [1.165, 1.54) is 0 Å². The van der Waals surface area contributed by atoms with Gasteiger partial charge in [-0.15, -0.1) is 11.3 Å². The van der Waals surface area contributed by atoms with Crippen molar-refractivity contribution in [2.75, 3.05) is 5.73 Å². The molecule has 0 fully saturated rings. The van der Waals surface area contributed by atoms with Gasteiger partial charge in [0.25, 0.3) is 0 Å². The fraction of sp³-hybridized carbons (Fsp3) is 0.133. The lowest BCUT2D eigenvalue weighted by molar-refractivity contribution is 0.944. The van der Waals surface area contributed by atoms with Gasteiger partial charge in [0.1, 0.15) is 11.6 Å². The minimum atomic E-state index is 0.450. The first-order valence-electron chi connectivity index (χ1n) is 6.42. The van der Waals surface area contributed by atoms with E-state index in [4.69, 9.17) is 5.73 Å². The van der Waals surface area contributed by atoms with Gasteiger partial charge in [-0.3, -0.25) is 0 Å². The Labute approximate surface area is 135 Å². The van der Waals surface area contributed by atoms with Crippen molar-refractivity contribution < 1.29 is 0 Å². The predicted molar refractivity (Wildman–Crippen MR) is 89.2 cm³/mol. The minimum absolute atomic E-state index is 0.450. The number of aromatic nitrogens is 3. The molecule has 0 bridgehead atoms. The molecule has 0 aliphatic heterocycles. The summed E-state index contributed by atoms with van der Waals surface area (Å²) >= 11 is 5.10. The lowest BCUT2D eigenvalue weighted by Gasteiger charge is -2.08. The van der Waals surface area contributed by atoms with E-state index < -0.39 is 0 Å². The molecule has 0 aliphatic carbocycles. The van der Waals surface area contributed by atoms with E-state index in [0.29, 0.717) is 18.1 Å². The van der Waals surface area contributed by atoms with E-state index in [-0.39, 0.29) is 0 Å². The zero-order valence-corrected chi connectivity index (χ0v) is 13.8. The summed E-state index contributed by atoms with van der Waals surface area (Å²) in [4.78, 5) is 13.4. The molecule has 1 aromatic carbocycles. The van der Waals surface area contributed by atoms with Crippen LogP contribution in [0.5, 0.6) is 0 Å². The summed E-state index contributed by atoms with van der Waals surface area (Å²) in [6.45, 7) is 1.99. The van der Waals surface area contributed by atoms with Gasteiger partial charge in [0, 0.05) is 10.9 Å². The van der Waals surface area contributed by atoms with Crippen LogP contribution in [0.15, 0.2) is 40.2 Å². The largest absolute Gasteiger partial charge is 0.383 e. The molecule has 2 aromatic heterocycles. The molecule has 6 heteroatoms. The number of nitrogen functional groups attached to an aromatic ring is 1. The molecule has 4 nitrogen and oxygen atoms in total. The zero-order valence-electron chi connectivity index (χ0n) is 11.4. The second-order valence-electron chi connectivity index (χ2n) is 4.59. The van der Waals surface area contributed by atoms with Gasteiger partial charge < -0.3 is 5.73 Å². The SMILES string of the molecule is Cc1nc(Cc2nc(N)c(Br)c(-c3ccccc3)n2)cs1. The van der Waals surface area contributed by atoms with Crippen molar-refractivity contribution >= 4 is 33.1 Å². The van der Waals surface area contributed by atoms with Crippen LogP contribution in [0.4, 0.5) is 5.82 Å². The van der Waals surface area contributed by atoms with E-state index in [0.717, 1.165) is 26.4 Å². The van der Waals surface area contributed by atoms with Gasteiger partial charge in [0.15, 0.2) is 0 Å². The number of halogens is 1. The molecule has 0 spiro atoms. The fourth-order valence-electron chi connectivity index (χ4n) is 2.03.